The van der Waals surface area contributed by atoms with Crippen LogP contribution in [0.25, 0.3) is 0 Å². The van der Waals surface area contributed by atoms with Gasteiger partial charge in [0.15, 0.2) is 0 Å². The van der Waals surface area contributed by atoms with Gasteiger partial charge in [-0.05, 0) is 31.6 Å². The van der Waals surface area contributed by atoms with E-state index in [1.807, 2.05) is 6.92 Å². The standard InChI is InChI=1S/C10H16O3/c1-2-13-9(11)8-7-10(8)3-5-12-6-4-10/h8H,2-7H2,1H3/t8-/m1/s1. The monoisotopic (exact) mass is 184 g/mol. The zero-order valence-electron chi connectivity index (χ0n) is 8.04. The second kappa shape index (κ2) is 3.29. The highest BCUT2D eigenvalue weighted by Crippen LogP contribution is 2.59. The number of ether oxygens (including phenoxy) is 2. The lowest BCUT2D eigenvalue weighted by Crippen LogP contribution is -2.22. The highest BCUT2D eigenvalue weighted by Gasteiger charge is 2.58. The van der Waals surface area contributed by atoms with E-state index in [9.17, 15) is 4.79 Å². The van der Waals surface area contributed by atoms with Crippen molar-refractivity contribution in [2.24, 2.45) is 11.3 Å². The zero-order valence-corrected chi connectivity index (χ0v) is 8.04. The molecule has 0 radical (unpaired) electrons. The number of carbonyl (C=O) groups excluding carboxylic acids is 1. The highest BCUT2D eigenvalue weighted by molar-refractivity contribution is 5.77. The lowest BCUT2D eigenvalue weighted by Gasteiger charge is -2.22. The molecule has 1 saturated carbocycles. The number of rotatable bonds is 2. The van der Waals surface area contributed by atoms with Crippen molar-refractivity contribution in [3.63, 3.8) is 0 Å². The molecule has 2 rings (SSSR count). The molecule has 1 saturated heterocycles. The van der Waals surface area contributed by atoms with E-state index < -0.39 is 0 Å². The van der Waals surface area contributed by atoms with Crippen LogP contribution in [0.1, 0.15) is 26.2 Å². The molecule has 1 heterocycles. The van der Waals surface area contributed by atoms with E-state index in [-0.39, 0.29) is 17.3 Å². The Morgan fingerprint density at radius 3 is 2.85 bits per heavy atom. The fourth-order valence-corrected chi connectivity index (χ4v) is 2.25. The van der Waals surface area contributed by atoms with Gasteiger partial charge in [0.2, 0.25) is 0 Å². The maximum atomic E-state index is 11.4. The molecule has 0 amide bonds. The van der Waals surface area contributed by atoms with E-state index in [0.29, 0.717) is 6.61 Å². The van der Waals surface area contributed by atoms with E-state index in [1.54, 1.807) is 0 Å². The Hall–Kier alpha value is -0.570. The maximum Gasteiger partial charge on any atom is 0.309 e. The molecule has 74 valence electrons. The van der Waals surface area contributed by atoms with Crippen LogP contribution in [-0.2, 0) is 14.3 Å². The van der Waals surface area contributed by atoms with Crippen molar-refractivity contribution < 1.29 is 14.3 Å². The van der Waals surface area contributed by atoms with Crippen molar-refractivity contribution in [3.8, 4) is 0 Å². The normalized spacial score (nSPS) is 30.1. The summed E-state index contributed by atoms with van der Waals surface area (Å²) in [7, 11) is 0. The van der Waals surface area contributed by atoms with Crippen molar-refractivity contribution >= 4 is 5.97 Å². The molecule has 13 heavy (non-hydrogen) atoms. The predicted molar refractivity (Wildman–Crippen MR) is 47.2 cm³/mol. The Morgan fingerprint density at radius 2 is 2.23 bits per heavy atom. The van der Waals surface area contributed by atoms with Crippen LogP contribution in [0.5, 0.6) is 0 Å². The van der Waals surface area contributed by atoms with Crippen LogP contribution in [0.3, 0.4) is 0 Å². The molecule has 0 aromatic heterocycles. The second-order valence-corrected chi connectivity index (χ2v) is 3.98. The third-order valence-corrected chi connectivity index (χ3v) is 3.25. The molecule has 0 N–H and O–H groups in total. The molecule has 1 atom stereocenters. The van der Waals surface area contributed by atoms with Crippen LogP contribution < -0.4 is 0 Å². The molecule has 0 bridgehead atoms. The van der Waals surface area contributed by atoms with Gasteiger partial charge < -0.3 is 9.47 Å². The van der Waals surface area contributed by atoms with Gasteiger partial charge in [-0.3, -0.25) is 4.79 Å². The van der Waals surface area contributed by atoms with Crippen molar-refractivity contribution in [1.29, 1.82) is 0 Å². The summed E-state index contributed by atoms with van der Waals surface area (Å²) in [4.78, 5) is 11.4. The molecular formula is C10H16O3. The van der Waals surface area contributed by atoms with Crippen LogP contribution in [0.15, 0.2) is 0 Å². The molecule has 0 aromatic carbocycles. The lowest BCUT2D eigenvalue weighted by atomic mass is 9.94. The Bertz CT molecular complexity index is 206. The van der Waals surface area contributed by atoms with E-state index in [0.717, 1.165) is 32.5 Å². The predicted octanol–water partition coefficient (Wildman–Crippen LogP) is 1.37. The van der Waals surface area contributed by atoms with Gasteiger partial charge in [-0.1, -0.05) is 0 Å². The van der Waals surface area contributed by atoms with Crippen LogP contribution in [0.2, 0.25) is 0 Å². The summed E-state index contributed by atoms with van der Waals surface area (Å²) in [6.45, 7) is 3.99. The summed E-state index contributed by atoms with van der Waals surface area (Å²) in [6.07, 6.45) is 3.10. The number of esters is 1. The lowest BCUT2D eigenvalue weighted by molar-refractivity contribution is -0.146. The second-order valence-electron chi connectivity index (χ2n) is 3.98. The van der Waals surface area contributed by atoms with Crippen molar-refractivity contribution in [1.82, 2.24) is 0 Å². The van der Waals surface area contributed by atoms with Gasteiger partial charge in [0.25, 0.3) is 0 Å². The minimum absolute atomic E-state index is 0.00407. The first kappa shape index (κ1) is 9.00. The first-order chi connectivity index (χ1) is 6.28. The molecule has 0 aromatic rings. The topological polar surface area (TPSA) is 35.5 Å². The van der Waals surface area contributed by atoms with Gasteiger partial charge in [-0.15, -0.1) is 0 Å². The van der Waals surface area contributed by atoms with Gasteiger partial charge in [-0.25, -0.2) is 0 Å². The maximum absolute atomic E-state index is 11.4. The molecule has 3 heteroatoms. The molecule has 1 aliphatic carbocycles. The Labute approximate surface area is 78.4 Å². The van der Waals surface area contributed by atoms with Gasteiger partial charge in [0.05, 0.1) is 12.5 Å². The molecule has 3 nitrogen and oxygen atoms in total. The molecule has 2 fully saturated rings. The number of hydrogen-bond donors (Lipinski definition) is 0. The first-order valence-electron chi connectivity index (χ1n) is 5.03. The number of hydrogen-bond acceptors (Lipinski definition) is 3. The van der Waals surface area contributed by atoms with Gasteiger partial charge in [-0.2, -0.15) is 0 Å². The molecule has 1 aliphatic heterocycles. The quantitative estimate of drug-likeness (QED) is 0.608. The fraction of sp³-hybridized carbons (Fsp3) is 0.900. The van der Waals surface area contributed by atoms with Gasteiger partial charge >= 0.3 is 5.97 Å². The Kier molecular flexibility index (Phi) is 2.28. The summed E-state index contributed by atoms with van der Waals surface area (Å²) in [6, 6.07) is 0. The minimum Gasteiger partial charge on any atom is -0.466 e. The van der Waals surface area contributed by atoms with Gasteiger partial charge in [0.1, 0.15) is 0 Å². The fourth-order valence-electron chi connectivity index (χ4n) is 2.25. The molecule has 0 unspecified atom stereocenters. The number of carbonyl (C=O) groups is 1. The average Bonchev–Trinajstić information content (AvgIpc) is 2.81. The summed E-state index contributed by atoms with van der Waals surface area (Å²) in [5.41, 5.74) is 0.268. The summed E-state index contributed by atoms with van der Waals surface area (Å²) < 4.78 is 10.3. The van der Waals surface area contributed by atoms with Gasteiger partial charge in [0, 0.05) is 13.2 Å². The Morgan fingerprint density at radius 1 is 1.54 bits per heavy atom. The SMILES string of the molecule is CCOC(=O)[C@H]1CC12CCOCC2. The van der Waals surface area contributed by atoms with E-state index in [4.69, 9.17) is 9.47 Å². The highest BCUT2D eigenvalue weighted by atomic mass is 16.5. The average molecular weight is 184 g/mol. The largest absolute Gasteiger partial charge is 0.466 e. The molecule has 1 spiro atoms. The summed E-state index contributed by atoms with van der Waals surface area (Å²) in [5, 5.41) is 0. The van der Waals surface area contributed by atoms with E-state index >= 15 is 0 Å². The first-order valence-corrected chi connectivity index (χ1v) is 5.03. The van der Waals surface area contributed by atoms with E-state index in [2.05, 4.69) is 0 Å². The van der Waals surface area contributed by atoms with Crippen LogP contribution in [0.4, 0.5) is 0 Å². The van der Waals surface area contributed by atoms with Crippen molar-refractivity contribution in [2.45, 2.75) is 26.2 Å². The van der Waals surface area contributed by atoms with Crippen LogP contribution in [-0.4, -0.2) is 25.8 Å². The van der Waals surface area contributed by atoms with Crippen molar-refractivity contribution in [3.05, 3.63) is 0 Å². The van der Waals surface area contributed by atoms with Crippen LogP contribution in [0, 0.1) is 11.3 Å². The minimum atomic E-state index is 0.00407. The van der Waals surface area contributed by atoms with Crippen molar-refractivity contribution in [2.75, 3.05) is 19.8 Å². The summed E-state index contributed by atoms with van der Waals surface area (Å²) in [5.74, 6) is 0.181. The third-order valence-electron chi connectivity index (χ3n) is 3.25. The Balaban J connectivity index is 1.88. The smallest absolute Gasteiger partial charge is 0.309 e. The zero-order chi connectivity index (χ0) is 9.31. The van der Waals surface area contributed by atoms with E-state index in [1.165, 1.54) is 0 Å². The van der Waals surface area contributed by atoms with Crippen LogP contribution >= 0.6 is 0 Å². The summed E-state index contributed by atoms with van der Waals surface area (Å²) >= 11 is 0. The molecular weight excluding hydrogens is 168 g/mol. The molecule has 2 aliphatic rings. The third kappa shape index (κ3) is 1.57.